The number of nitrogens with zero attached hydrogens (tertiary/aromatic N) is 1. The van der Waals surface area contributed by atoms with Crippen molar-refractivity contribution in [2.75, 3.05) is 7.11 Å². The molecule has 0 radical (unpaired) electrons. The number of hydrogen-bond acceptors (Lipinski definition) is 4. The average Bonchev–Trinajstić information content (AvgIpc) is 2.54. The molecule has 8 heteroatoms. The molecule has 0 atom stereocenters. The van der Waals surface area contributed by atoms with Gasteiger partial charge in [-0.25, -0.2) is 5.43 Å². The minimum atomic E-state index is -0.330. The molecule has 0 aliphatic heterocycles. The number of methoxy groups -OCH3 is 1. The maximum Gasteiger partial charge on any atom is 0.271 e. The molecule has 0 aromatic heterocycles. The van der Waals surface area contributed by atoms with Gasteiger partial charge in [0.05, 0.1) is 17.8 Å². The van der Waals surface area contributed by atoms with Crippen LogP contribution in [0.25, 0.3) is 0 Å². The highest BCUT2D eigenvalue weighted by Crippen LogP contribution is 2.41. The maximum atomic E-state index is 12.0. The average molecular weight is 507 g/mol. The number of phenolic OH excluding ortho intramolecular Hbond substituents is 1. The van der Waals surface area contributed by atoms with E-state index in [1.165, 1.54) is 13.3 Å². The van der Waals surface area contributed by atoms with Gasteiger partial charge in [-0.2, -0.15) is 5.10 Å². The van der Waals surface area contributed by atoms with Crippen LogP contribution < -0.4 is 10.2 Å². The number of phenols is 1. The fraction of sp³-hybridized carbons (Fsp3) is 0.0667. The van der Waals surface area contributed by atoms with Crippen molar-refractivity contribution in [3.05, 3.63) is 54.9 Å². The molecule has 0 aliphatic rings. The van der Waals surface area contributed by atoms with Gasteiger partial charge in [-0.1, -0.05) is 22.0 Å². The van der Waals surface area contributed by atoms with Crippen LogP contribution in [0, 0.1) is 0 Å². The lowest BCUT2D eigenvalue weighted by atomic mass is 10.2. The van der Waals surface area contributed by atoms with Crippen LogP contribution in [0.1, 0.15) is 15.9 Å². The van der Waals surface area contributed by atoms with E-state index >= 15 is 0 Å². The smallest absolute Gasteiger partial charge is 0.271 e. The van der Waals surface area contributed by atoms with Gasteiger partial charge in [0, 0.05) is 20.1 Å². The highest BCUT2D eigenvalue weighted by Gasteiger charge is 2.13. The number of hydrazone groups is 1. The van der Waals surface area contributed by atoms with Gasteiger partial charge in [0.25, 0.3) is 5.91 Å². The third-order valence-corrected chi connectivity index (χ3v) is 5.50. The van der Waals surface area contributed by atoms with Crippen molar-refractivity contribution in [1.82, 2.24) is 5.43 Å². The van der Waals surface area contributed by atoms with Gasteiger partial charge in [0.2, 0.25) is 0 Å². The minimum absolute atomic E-state index is 0.0188. The zero-order valence-corrected chi connectivity index (χ0v) is 16.6. The van der Waals surface area contributed by atoms with Crippen LogP contribution in [0.15, 0.2) is 48.9 Å². The molecule has 0 saturated heterocycles. The van der Waals surface area contributed by atoms with Crippen LogP contribution in [0.4, 0.5) is 0 Å². The lowest BCUT2D eigenvalue weighted by Crippen LogP contribution is -2.17. The van der Waals surface area contributed by atoms with Crippen molar-refractivity contribution in [2.45, 2.75) is 0 Å². The first kappa shape index (κ1) is 18.0. The minimum Gasteiger partial charge on any atom is -0.503 e. The summed E-state index contributed by atoms with van der Waals surface area (Å²) in [4.78, 5) is 12.0. The first-order valence-corrected chi connectivity index (χ1v) is 8.66. The second-order valence-corrected chi connectivity index (χ2v) is 6.86. The highest BCUT2D eigenvalue weighted by molar-refractivity contribution is 9.13. The van der Waals surface area contributed by atoms with Gasteiger partial charge in [-0.15, -0.1) is 0 Å². The molecule has 1 amide bonds. The van der Waals surface area contributed by atoms with Crippen LogP contribution in [-0.4, -0.2) is 24.3 Å². The normalized spacial score (nSPS) is 10.8. The van der Waals surface area contributed by atoms with Crippen molar-refractivity contribution in [2.24, 2.45) is 5.10 Å². The summed E-state index contributed by atoms with van der Waals surface area (Å²) in [7, 11) is 1.45. The van der Waals surface area contributed by atoms with E-state index in [0.29, 0.717) is 25.8 Å². The molecule has 0 fully saturated rings. The molecule has 5 nitrogen and oxygen atoms in total. The summed E-state index contributed by atoms with van der Waals surface area (Å²) < 4.78 is 6.92. The van der Waals surface area contributed by atoms with Crippen molar-refractivity contribution < 1.29 is 14.6 Å². The lowest BCUT2D eigenvalue weighted by molar-refractivity contribution is 0.0955. The topological polar surface area (TPSA) is 70.9 Å². The Hall–Kier alpha value is -1.38. The van der Waals surface area contributed by atoms with Crippen molar-refractivity contribution in [3.8, 4) is 11.5 Å². The van der Waals surface area contributed by atoms with E-state index in [4.69, 9.17) is 4.74 Å². The van der Waals surface area contributed by atoms with E-state index in [-0.39, 0.29) is 11.7 Å². The van der Waals surface area contributed by atoms with Crippen LogP contribution in [0.5, 0.6) is 11.5 Å². The van der Waals surface area contributed by atoms with E-state index in [2.05, 4.69) is 58.3 Å². The summed E-state index contributed by atoms with van der Waals surface area (Å²) in [5.74, 6) is -0.0574. The fourth-order valence-electron chi connectivity index (χ4n) is 1.72. The number of carbonyl (C=O) groups is 1. The summed E-state index contributed by atoms with van der Waals surface area (Å²) >= 11 is 9.91. The predicted octanol–water partition coefficient (Wildman–Crippen LogP) is 4.45. The van der Waals surface area contributed by atoms with Crippen molar-refractivity contribution >= 4 is 59.9 Å². The van der Waals surface area contributed by atoms with Gasteiger partial charge in [-0.05, 0) is 56.1 Å². The molecular weight excluding hydrogens is 496 g/mol. The molecule has 2 rings (SSSR count). The second kappa shape index (κ2) is 7.94. The number of carbonyl (C=O) groups excluding carboxylic acids is 1. The number of amides is 1. The fourth-order valence-corrected chi connectivity index (χ4v) is 2.94. The molecule has 0 saturated carbocycles. The largest absolute Gasteiger partial charge is 0.503 e. The first-order valence-electron chi connectivity index (χ1n) is 6.28. The van der Waals surface area contributed by atoms with Crippen LogP contribution in [0.2, 0.25) is 0 Å². The standard InChI is InChI=1S/C15H11Br3N2O3/c1-23-11-6-9(12(17)13(18)14(11)21)7-19-20-15(22)8-3-2-4-10(16)5-8/h2-7,21H,1H3,(H,20,22). The maximum absolute atomic E-state index is 12.0. The van der Waals surface area contributed by atoms with Gasteiger partial charge in [0.1, 0.15) is 0 Å². The van der Waals surface area contributed by atoms with E-state index in [0.717, 1.165) is 4.47 Å². The van der Waals surface area contributed by atoms with E-state index in [9.17, 15) is 9.90 Å². The summed E-state index contributed by atoms with van der Waals surface area (Å²) in [6, 6.07) is 8.57. The third-order valence-electron chi connectivity index (χ3n) is 2.85. The lowest BCUT2D eigenvalue weighted by Gasteiger charge is -2.09. The number of nitrogens with one attached hydrogen (secondary N) is 1. The van der Waals surface area contributed by atoms with Crippen LogP contribution in [0.3, 0.4) is 0 Å². The molecule has 120 valence electrons. The predicted molar refractivity (Wildman–Crippen MR) is 99.3 cm³/mol. The third kappa shape index (κ3) is 4.33. The number of benzene rings is 2. The summed E-state index contributed by atoms with van der Waals surface area (Å²) in [5, 5.41) is 13.8. The number of hydrogen-bond donors (Lipinski definition) is 2. The molecule has 2 N–H and O–H groups in total. The SMILES string of the molecule is COc1cc(C=NNC(=O)c2cccc(Br)c2)c(Br)c(Br)c1O. The van der Waals surface area contributed by atoms with Crippen LogP contribution >= 0.6 is 47.8 Å². The van der Waals surface area contributed by atoms with Crippen molar-refractivity contribution in [3.63, 3.8) is 0 Å². The van der Waals surface area contributed by atoms with Gasteiger partial charge in [0.15, 0.2) is 11.5 Å². The number of aromatic hydroxyl groups is 1. The summed E-state index contributed by atoms with van der Waals surface area (Å²) in [6.07, 6.45) is 1.45. The Kier molecular flexibility index (Phi) is 6.20. The summed E-state index contributed by atoms with van der Waals surface area (Å²) in [6.45, 7) is 0. The molecule has 23 heavy (non-hydrogen) atoms. The quantitative estimate of drug-likeness (QED) is 0.475. The van der Waals surface area contributed by atoms with Crippen molar-refractivity contribution in [1.29, 1.82) is 0 Å². The zero-order valence-electron chi connectivity index (χ0n) is 11.8. The van der Waals surface area contributed by atoms with Gasteiger partial charge >= 0.3 is 0 Å². The molecule has 0 bridgehead atoms. The molecule has 2 aromatic rings. The Balaban J connectivity index is 2.18. The van der Waals surface area contributed by atoms with Crippen LogP contribution in [-0.2, 0) is 0 Å². The van der Waals surface area contributed by atoms with E-state index in [1.54, 1.807) is 24.3 Å². The first-order chi connectivity index (χ1) is 10.9. The molecule has 0 spiro atoms. The second-order valence-electron chi connectivity index (χ2n) is 4.35. The Bertz CT molecular complexity index is 779. The summed E-state index contributed by atoms with van der Waals surface area (Å²) in [5.41, 5.74) is 3.56. The monoisotopic (exact) mass is 504 g/mol. The number of ether oxygens (including phenoxy) is 1. The Morgan fingerprint density at radius 2 is 2.00 bits per heavy atom. The van der Waals surface area contributed by atoms with Gasteiger partial charge < -0.3 is 9.84 Å². The Morgan fingerprint density at radius 3 is 2.65 bits per heavy atom. The van der Waals surface area contributed by atoms with E-state index < -0.39 is 0 Å². The highest BCUT2D eigenvalue weighted by atomic mass is 79.9. The van der Waals surface area contributed by atoms with Gasteiger partial charge in [-0.3, -0.25) is 4.79 Å². The molecule has 2 aromatic carbocycles. The zero-order chi connectivity index (χ0) is 17.0. The number of rotatable bonds is 4. The number of halogens is 3. The molecular formula is C15H11Br3N2O3. The Morgan fingerprint density at radius 1 is 1.26 bits per heavy atom. The van der Waals surface area contributed by atoms with E-state index in [1.807, 2.05) is 6.07 Å². The molecule has 0 unspecified atom stereocenters. The molecule has 0 aliphatic carbocycles. The Labute approximate surface area is 158 Å². The molecule has 0 heterocycles.